The van der Waals surface area contributed by atoms with Crippen LogP contribution in [-0.2, 0) is 19.0 Å². The Balaban J connectivity index is 3.21. The first-order chi connectivity index (χ1) is 11.1. The van der Waals surface area contributed by atoms with Crippen molar-refractivity contribution in [3.63, 3.8) is 0 Å². The molecule has 0 bridgehead atoms. The lowest BCUT2D eigenvalue weighted by Crippen LogP contribution is -2.29. The van der Waals surface area contributed by atoms with Gasteiger partial charge in [0, 0.05) is 33.0 Å². The first-order valence-electron chi connectivity index (χ1n) is 7.63. The average molecular weight is 340 g/mol. The van der Waals surface area contributed by atoms with Crippen molar-refractivity contribution in [3.05, 3.63) is 0 Å². The molecule has 2 amide bonds. The van der Waals surface area contributed by atoms with E-state index in [0.717, 1.165) is 0 Å². The van der Waals surface area contributed by atoms with Crippen LogP contribution in [0.4, 0.5) is 13.6 Å². The Hall–Kier alpha value is -1.32. The summed E-state index contributed by atoms with van der Waals surface area (Å²) in [6, 6.07) is 0. The Labute approximate surface area is 135 Å². The molecular formula is C14H26F2N2O5. The summed E-state index contributed by atoms with van der Waals surface area (Å²) < 4.78 is 40.1. The van der Waals surface area contributed by atoms with Crippen LogP contribution in [0.2, 0.25) is 0 Å². The van der Waals surface area contributed by atoms with Crippen LogP contribution in [0.5, 0.6) is 0 Å². The van der Waals surface area contributed by atoms with Gasteiger partial charge >= 0.3 is 6.16 Å². The van der Waals surface area contributed by atoms with Gasteiger partial charge in [-0.2, -0.15) is 0 Å². The quantitative estimate of drug-likeness (QED) is 0.264. The van der Waals surface area contributed by atoms with E-state index in [2.05, 4.69) is 5.32 Å². The third kappa shape index (κ3) is 16.9. The number of rotatable bonds is 15. The summed E-state index contributed by atoms with van der Waals surface area (Å²) >= 11 is 0. The average Bonchev–Trinajstić information content (AvgIpc) is 2.52. The molecule has 1 unspecified atom stereocenters. The van der Waals surface area contributed by atoms with Crippen LogP contribution in [0.3, 0.4) is 0 Å². The maximum atomic E-state index is 13.0. The maximum Gasteiger partial charge on any atom is 0.397 e. The number of carbonyl (C=O) groups excluding carboxylic acids is 2. The van der Waals surface area contributed by atoms with E-state index in [-0.39, 0.29) is 19.1 Å². The van der Waals surface area contributed by atoms with E-state index in [4.69, 9.17) is 14.2 Å². The van der Waals surface area contributed by atoms with Crippen LogP contribution < -0.4 is 10.6 Å². The monoisotopic (exact) mass is 340 g/mol. The number of alkyl halides is 1. The van der Waals surface area contributed by atoms with E-state index in [1.165, 1.54) is 0 Å². The van der Waals surface area contributed by atoms with E-state index in [0.29, 0.717) is 45.8 Å². The van der Waals surface area contributed by atoms with Crippen LogP contribution in [0.15, 0.2) is 0 Å². The van der Waals surface area contributed by atoms with E-state index < -0.39 is 18.9 Å². The molecule has 0 rings (SSSR count). The molecule has 7 nitrogen and oxygen atoms in total. The minimum atomic E-state index is -1.75. The molecule has 0 aromatic rings. The van der Waals surface area contributed by atoms with Crippen molar-refractivity contribution in [3.8, 4) is 0 Å². The van der Waals surface area contributed by atoms with Gasteiger partial charge in [0.15, 0.2) is 0 Å². The Kier molecular flexibility index (Phi) is 14.7. The van der Waals surface area contributed by atoms with Crippen LogP contribution in [0.25, 0.3) is 0 Å². The molecule has 23 heavy (non-hydrogen) atoms. The summed E-state index contributed by atoms with van der Waals surface area (Å²) in [4.78, 5) is 21.1. The summed E-state index contributed by atoms with van der Waals surface area (Å²) in [5.74, 6) is -0.148. The SMILES string of the molecule is CCOCC(=O)NCCCOCCCOCC(F)CNC(=O)F. The van der Waals surface area contributed by atoms with Gasteiger partial charge in [-0.3, -0.25) is 4.79 Å². The summed E-state index contributed by atoms with van der Waals surface area (Å²) in [6.45, 7) is 3.59. The molecule has 0 aromatic heterocycles. The lowest BCUT2D eigenvalue weighted by Gasteiger charge is -2.09. The molecule has 9 heteroatoms. The first kappa shape index (κ1) is 21.7. The predicted octanol–water partition coefficient (Wildman–Crippen LogP) is 0.970. The standard InChI is InChI=1S/C14H26F2N2O5/c1-2-21-11-13(19)17-5-3-6-22-7-4-8-23-10-12(15)9-18-14(16)20/h12H,2-11H2,1H3,(H,17,19)(H,18,20). The maximum absolute atomic E-state index is 13.0. The van der Waals surface area contributed by atoms with Crippen LogP contribution in [0, 0.1) is 0 Å². The van der Waals surface area contributed by atoms with Crippen LogP contribution >= 0.6 is 0 Å². The molecule has 0 aliphatic carbocycles. The zero-order valence-electron chi connectivity index (χ0n) is 13.4. The van der Waals surface area contributed by atoms with E-state index in [1.807, 2.05) is 6.92 Å². The minimum Gasteiger partial charge on any atom is -0.381 e. The number of nitrogens with one attached hydrogen (secondary N) is 2. The number of hydrogen-bond acceptors (Lipinski definition) is 5. The molecule has 1 atom stereocenters. The van der Waals surface area contributed by atoms with Gasteiger partial charge in [0.2, 0.25) is 5.91 Å². The van der Waals surface area contributed by atoms with E-state index in [1.54, 1.807) is 5.32 Å². The zero-order chi connectivity index (χ0) is 17.3. The molecule has 0 radical (unpaired) electrons. The summed E-state index contributed by atoms with van der Waals surface area (Å²) in [6.07, 6.45) is -1.90. The second-order valence-corrected chi connectivity index (χ2v) is 4.63. The summed E-state index contributed by atoms with van der Waals surface area (Å²) in [7, 11) is 0. The number of amides is 2. The van der Waals surface area contributed by atoms with Crippen LogP contribution in [-0.4, -0.2) is 71.0 Å². The fourth-order valence-electron chi connectivity index (χ4n) is 1.47. The normalized spacial score (nSPS) is 12.0. The van der Waals surface area contributed by atoms with Gasteiger partial charge in [-0.05, 0) is 19.8 Å². The molecule has 0 aliphatic rings. The van der Waals surface area contributed by atoms with Gasteiger partial charge < -0.3 is 24.8 Å². The molecule has 136 valence electrons. The van der Waals surface area contributed by atoms with Crippen molar-refractivity contribution in [2.75, 3.05) is 52.7 Å². The molecule has 0 spiro atoms. The Bertz CT molecular complexity index is 322. The lowest BCUT2D eigenvalue weighted by molar-refractivity contribution is -0.125. The first-order valence-corrected chi connectivity index (χ1v) is 7.63. The Morgan fingerprint density at radius 2 is 1.74 bits per heavy atom. The summed E-state index contributed by atoms with van der Waals surface area (Å²) in [5.41, 5.74) is 0. The molecule has 0 saturated carbocycles. The Morgan fingerprint density at radius 3 is 2.43 bits per heavy atom. The molecule has 0 fully saturated rings. The lowest BCUT2D eigenvalue weighted by atomic mass is 10.4. The van der Waals surface area contributed by atoms with Gasteiger partial charge in [-0.25, -0.2) is 9.18 Å². The molecule has 0 saturated heterocycles. The molecule has 0 aromatic carbocycles. The number of carbonyl (C=O) groups is 2. The molecule has 0 heterocycles. The summed E-state index contributed by atoms with van der Waals surface area (Å²) in [5, 5.41) is 4.42. The predicted molar refractivity (Wildman–Crippen MR) is 79.8 cm³/mol. The topological polar surface area (TPSA) is 85.9 Å². The number of hydrogen-bond donors (Lipinski definition) is 2. The van der Waals surface area contributed by atoms with Crippen LogP contribution in [0.1, 0.15) is 19.8 Å². The third-order valence-electron chi connectivity index (χ3n) is 2.56. The fraction of sp³-hybridized carbons (Fsp3) is 0.857. The smallest absolute Gasteiger partial charge is 0.381 e. The third-order valence-corrected chi connectivity index (χ3v) is 2.56. The highest BCUT2D eigenvalue weighted by atomic mass is 19.1. The highest BCUT2D eigenvalue weighted by Gasteiger charge is 2.08. The highest BCUT2D eigenvalue weighted by Crippen LogP contribution is 1.93. The molecular weight excluding hydrogens is 314 g/mol. The van der Waals surface area contributed by atoms with E-state index >= 15 is 0 Å². The van der Waals surface area contributed by atoms with E-state index in [9.17, 15) is 18.4 Å². The highest BCUT2D eigenvalue weighted by molar-refractivity contribution is 5.77. The van der Waals surface area contributed by atoms with Gasteiger partial charge in [0.1, 0.15) is 12.8 Å². The largest absolute Gasteiger partial charge is 0.397 e. The second-order valence-electron chi connectivity index (χ2n) is 4.63. The van der Waals surface area contributed by atoms with Crippen molar-refractivity contribution in [1.82, 2.24) is 10.6 Å². The Morgan fingerprint density at radius 1 is 1.04 bits per heavy atom. The van der Waals surface area contributed by atoms with Crippen molar-refractivity contribution < 1.29 is 32.6 Å². The van der Waals surface area contributed by atoms with Gasteiger partial charge in [0.25, 0.3) is 0 Å². The number of ether oxygens (including phenoxy) is 3. The molecule has 2 N–H and O–H groups in total. The zero-order valence-corrected chi connectivity index (χ0v) is 13.4. The minimum absolute atomic E-state index is 0.0687. The van der Waals surface area contributed by atoms with Crippen molar-refractivity contribution >= 4 is 12.1 Å². The van der Waals surface area contributed by atoms with Crippen molar-refractivity contribution in [2.45, 2.75) is 25.9 Å². The van der Waals surface area contributed by atoms with Gasteiger partial charge in [-0.15, -0.1) is 4.39 Å². The van der Waals surface area contributed by atoms with Crippen molar-refractivity contribution in [1.29, 1.82) is 0 Å². The molecule has 0 aliphatic heterocycles. The fourth-order valence-corrected chi connectivity index (χ4v) is 1.47. The number of halogens is 2. The van der Waals surface area contributed by atoms with Crippen molar-refractivity contribution in [2.24, 2.45) is 0 Å². The van der Waals surface area contributed by atoms with Gasteiger partial charge in [-0.1, -0.05) is 0 Å². The second kappa shape index (κ2) is 15.6. The van der Waals surface area contributed by atoms with Gasteiger partial charge in [0.05, 0.1) is 13.2 Å².